The molecular formula is C26H48N2O6. The number of aliphatic carboxylic acids is 2. The van der Waals surface area contributed by atoms with Crippen molar-refractivity contribution in [2.45, 2.75) is 135 Å². The maximum absolute atomic E-state index is 13.4. The zero-order chi connectivity index (χ0) is 26.3. The molecule has 8 heteroatoms. The van der Waals surface area contributed by atoms with E-state index in [2.05, 4.69) is 0 Å². The summed E-state index contributed by atoms with van der Waals surface area (Å²) in [5.41, 5.74) is -3.37. The van der Waals surface area contributed by atoms with E-state index < -0.39 is 39.5 Å². The highest BCUT2D eigenvalue weighted by Gasteiger charge is 2.61. The fraction of sp³-hybridized carbons (Fsp3) is 0.923. The van der Waals surface area contributed by atoms with Gasteiger partial charge in [-0.25, -0.2) is 0 Å². The number of carboxylic acids is 2. The van der Waals surface area contributed by atoms with Gasteiger partial charge in [0.2, 0.25) is 0 Å². The minimum absolute atomic E-state index is 0.0893. The van der Waals surface area contributed by atoms with Gasteiger partial charge in [0.05, 0.1) is 5.41 Å². The van der Waals surface area contributed by atoms with Crippen LogP contribution < -0.4 is 0 Å². The second kappa shape index (κ2) is 9.68. The molecule has 0 spiro atoms. The summed E-state index contributed by atoms with van der Waals surface area (Å²) in [6.45, 7) is 15.7. The van der Waals surface area contributed by atoms with Crippen LogP contribution >= 0.6 is 0 Å². The molecule has 0 radical (unpaired) electrons. The summed E-state index contributed by atoms with van der Waals surface area (Å²) in [7, 11) is 0. The van der Waals surface area contributed by atoms with E-state index in [0.717, 1.165) is 0 Å². The molecule has 0 aromatic heterocycles. The van der Waals surface area contributed by atoms with Gasteiger partial charge < -0.3 is 20.6 Å². The summed E-state index contributed by atoms with van der Waals surface area (Å²) >= 11 is 0. The molecular weight excluding hydrogens is 436 g/mol. The quantitative estimate of drug-likeness (QED) is 0.321. The highest BCUT2D eigenvalue weighted by Crippen LogP contribution is 2.58. The highest BCUT2D eigenvalue weighted by molar-refractivity contribution is 5.76. The van der Waals surface area contributed by atoms with Crippen molar-refractivity contribution in [2.24, 2.45) is 17.3 Å². The van der Waals surface area contributed by atoms with Crippen molar-refractivity contribution in [3.8, 4) is 0 Å². The highest BCUT2D eigenvalue weighted by atomic mass is 16.5. The van der Waals surface area contributed by atoms with Gasteiger partial charge in [-0.15, -0.1) is 0 Å². The number of piperidine rings is 2. The number of carbonyl (C=O) groups is 2. The van der Waals surface area contributed by atoms with Crippen LogP contribution in [0.2, 0.25) is 0 Å². The Kier molecular flexibility index (Phi) is 8.26. The van der Waals surface area contributed by atoms with Gasteiger partial charge in [-0.1, -0.05) is 12.8 Å². The van der Waals surface area contributed by atoms with Crippen LogP contribution in [0.1, 0.15) is 113 Å². The van der Waals surface area contributed by atoms with E-state index in [1.165, 1.54) is 10.1 Å². The third kappa shape index (κ3) is 5.61. The van der Waals surface area contributed by atoms with Crippen molar-refractivity contribution >= 4 is 11.9 Å². The molecule has 8 nitrogen and oxygen atoms in total. The molecule has 0 aromatic rings. The Hall–Kier alpha value is -1.22. The summed E-state index contributed by atoms with van der Waals surface area (Å²) in [4.78, 5) is 24.3. The number of nitrogens with zero attached hydrogens (tertiary/aromatic N) is 2. The summed E-state index contributed by atoms with van der Waals surface area (Å²) in [5.74, 6) is -1.97. The van der Waals surface area contributed by atoms with Crippen LogP contribution in [0.4, 0.5) is 0 Å². The third-order valence-corrected chi connectivity index (χ3v) is 8.61. The van der Waals surface area contributed by atoms with Gasteiger partial charge in [-0.05, 0) is 106 Å². The zero-order valence-corrected chi connectivity index (χ0v) is 22.5. The smallest absolute Gasteiger partial charge is 0.310 e. The molecule has 2 aliphatic heterocycles. The zero-order valence-electron chi connectivity index (χ0n) is 22.5. The fourth-order valence-corrected chi connectivity index (χ4v) is 7.34. The second-order valence-electron chi connectivity index (χ2n) is 13.4. The minimum atomic E-state index is -1.03. The lowest BCUT2D eigenvalue weighted by Crippen LogP contribution is -2.66. The molecule has 0 amide bonds. The van der Waals surface area contributed by atoms with Crippen molar-refractivity contribution in [1.29, 1.82) is 0 Å². The lowest BCUT2D eigenvalue weighted by molar-refractivity contribution is -0.277. The molecule has 198 valence electrons. The van der Waals surface area contributed by atoms with E-state index >= 15 is 0 Å². The van der Waals surface area contributed by atoms with E-state index in [1.54, 1.807) is 0 Å². The van der Waals surface area contributed by atoms with Gasteiger partial charge in [0, 0.05) is 28.6 Å². The van der Waals surface area contributed by atoms with Crippen molar-refractivity contribution in [3.63, 3.8) is 0 Å². The summed E-state index contributed by atoms with van der Waals surface area (Å²) < 4.78 is 0. The first-order valence-corrected chi connectivity index (χ1v) is 12.7. The molecule has 0 saturated carbocycles. The average Bonchev–Trinajstić information content (AvgIpc) is 2.65. The van der Waals surface area contributed by atoms with Crippen molar-refractivity contribution in [2.75, 3.05) is 0 Å². The van der Waals surface area contributed by atoms with E-state index in [0.29, 0.717) is 51.4 Å². The maximum Gasteiger partial charge on any atom is 0.310 e. The topological polar surface area (TPSA) is 122 Å². The van der Waals surface area contributed by atoms with Crippen LogP contribution in [0.3, 0.4) is 0 Å². The molecule has 2 aliphatic rings. The molecule has 2 rings (SSSR count). The number of unbranched alkanes of at least 4 members (excludes halogenated alkanes) is 2. The Bertz CT molecular complexity index is 682. The molecule has 34 heavy (non-hydrogen) atoms. The van der Waals surface area contributed by atoms with E-state index in [-0.39, 0.29) is 18.3 Å². The third-order valence-electron chi connectivity index (χ3n) is 8.61. The van der Waals surface area contributed by atoms with Gasteiger partial charge in [0.15, 0.2) is 0 Å². The number of carboxylic acid groups (broad SMARTS) is 2. The molecule has 2 fully saturated rings. The normalized spacial score (nSPS) is 25.8. The van der Waals surface area contributed by atoms with Gasteiger partial charge in [0.1, 0.15) is 0 Å². The molecule has 2 heterocycles. The number of hydrogen-bond donors (Lipinski definition) is 4. The predicted molar refractivity (Wildman–Crippen MR) is 130 cm³/mol. The summed E-state index contributed by atoms with van der Waals surface area (Å²) in [6, 6.07) is 0. The van der Waals surface area contributed by atoms with E-state index in [4.69, 9.17) is 5.11 Å². The van der Waals surface area contributed by atoms with Crippen molar-refractivity contribution in [3.05, 3.63) is 0 Å². The van der Waals surface area contributed by atoms with Gasteiger partial charge in [-0.3, -0.25) is 9.59 Å². The molecule has 0 atom stereocenters. The fourth-order valence-electron chi connectivity index (χ4n) is 7.34. The molecule has 0 aliphatic carbocycles. The number of rotatable bonds is 9. The first kappa shape index (κ1) is 29.0. The van der Waals surface area contributed by atoms with Crippen LogP contribution in [0.15, 0.2) is 0 Å². The van der Waals surface area contributed by atoms with Crippen LogP contribution in [-0.4, -0.2) is 64.8 Å². The SMILES string of the molecule is CC1(C)CC(C(CCCCCC(=O)O)(C(=O)O)C2CC(C)(C)N(O)C(C)(C)C2)CC(C)(C)N1O. The first-order valence-electron chi connectivity index (χ1n) is 12.7. The Balaban J connectivity index is 2.52. The van der Waals surface area contributed by atoms with Crippen LogP contribution in [-0.2, 0) is 9.59 Å². The Morgan fingerprint density at radius 3 is 1.35 bits per heavy atom. The Morgan fingerprint density at radius 1 is 0.706 bits per heavy atom. The summed E-state index contributed by atoms with van der Waals surface area (Å²) in [6.07, 6.45) is 4.59. The Morgan fingerprint density at radius 2 is 1.06 bits per heavy atom. The van der Waals surface area contributed by atoms with E-state index in [9.17, 15) is 25.1 Å². The molecule has 4 N–H and O–H groups in total. The van der Waals surface area contributed by atoms with Gasteiger partial charge in [0.25, 0.3) is 0 Å². The summed E-state index contributed by atoms with van der Waals surface area (Å²) in [5, 5.41) is 44.5. The second-order valence-corrected chi connectivity index (χ2v) is 13.4. The van der Waals surface area contributed by atoms with Crippen molar-refractivity contribution in [1.82, 2.24) is 10.1 Å². The minimum Gasteiger partial charge on any atom is -0.481 e. The maximum atomic E-state index is 13.4. The van der Waals surface area contributed by atoms with Crippen LogP contribution in [0, 0.1) is 17.3 Å². The molecule has 2 saturated heterocycles. The van der Waals surface area contributed by atoms with E-state index in [1.807, 2.05) is 55.4 Å². The monoisotopic (exact) mass is 484 g/mol. The number of hydroxylamine groups is 4. The lowest BCUT2D eigenvalue weighted by atomic mass is 9.52. The standard InChI is InChI=1S/C26H48N2O6/c1-22(2)14-18(15-23(3,4)27(22)33)26(21(31)32,13-11-9-10-12-20(29)30)19-16-24(5,6)28(34)25(7,8)17-19/h18-19,33-34H,9-17H2,1-8H3,(H,29,30)(H,31,32). The lowest BCUT2D eigenvalue weighted by Gasteiger charge is -2.60. The average molecular weight is 485 g/mol. The van der Waals surface area contributed by atoms with Crippen molar-refractivity contribution < 1.29 is 30.2 Å². The molecule has 0 unspecified atom stereocenters. The Labute approximate surface area is 205 Å². The van der Waals surface area contributed by atoms with Gasteiger partial charge in [-0.2, -0.15) is 10.1 Å². The van der Waals surface area contributed by atoms with Gasteiger partial charge >= 0.3 is 11.9 Å². The molecule has 0 aromatic carbocycles. The number of hydrogen-bond acceptors (Lipinski definition) is 6. The van der Waals surface area contributed by atoms with Crippen LogP contribution in [0.25, 0.3) is 0 Å². The predicted octanol–water partition coefficient (Wildman–Crippen LogP) is 5.41. The molecule has 0 bridgehead atoms. The first-order chi connectivity index (χ1) is 15.3. The van der Waals surface area contributed by atoms with Crippen LogP contribution in [0.5, 0.6) is 0 Å². The largest absolute Gasteiger partial charge is 0.481 e.